The molecule has 33 heavy (non-hydrogen) atoms. The van der Waals surface area contributed by atoms with E-state index in [0.717, 1.165) is 51.1 Å². The summed E-state index contributed by atoms with van der Waals surface area (Å²) >= 11 is 0. The topological polar surface area (TPSA) is 67.4 Å². The molecule has 2 N–H and O–H groups in total. The van der Waals surface area contributed by atoms with Crippen LogP contribution in [-0.4, -0.2) is 64.5 Å². The van der Waals surface area contributed by atoms with Gasteiger partial charge in [0.15, 0.2) is 5.96 Å². The number of methoxy groups -OCH3 is 2. The van der Waals surface area contributed by atoms with Crippen LogP contribution in [0.4, 0.5) is 0 Å². The van der Waals surface area contributed by atoms with E-state index in [4.69, 9.17) is 19.2 Å². The lowest BCUT2D eigenvalue weighted by Gasteiger charge is -2.35. The van der Waals surface area contributed by atoms with Crippen LogP contribution in [0, 0.1) is 0 Å². The Hall–Kier alpha value is -1.88. The Labute approximate surface area is 214 Å². The molecule has 182 valence electrons. The Bertz CT molecular complexity index is 842. The molecule has 0 aromatic heterocycles. The molecule has 8 heteroatoms. The van der Waals surface area contributed by atoms with Crippen LogP contribution in [0.5, 0.6) is 5.75 Å². The third kappa shape index (κ3) is 8.44. The molecule has 0 amide bonds. The highest BCUT2D eigenvalue weighted by molar-refractivity contribution is 14.0. The molecule has 1 fully saturated rings. The van der Waals surface area contributed by atoms with E-state index in [9.17, 15) is 0 Å². The largest absolute Gasteiger partial charge is 0.497 e. The van der Waals surface area contributed by atoms with Gasteiger partial charge >= 0.3 is 0 Å². The number of halogens is 1. The normalized spacial score (nSPS) is 15.4. The highest BCUT2D eigenvalue weighted by Gasteiger charge is 2.23. The highest BCUT2D eigenvalue weighted by Crippen LogP contribution is 2.23. The SMILES string of the molecule is CCNC(=NCc1ccccc1COC)NCC(c1ccc(OC)cc1)N1CCOCC1.I. The molecule has 1 aliphatic rings. The van der Waals surface area contributed by atoms with Crippen LogP contribution in [0.2, 0.25) is 0 Å². The summed E-state index contributed by atoms with van der Waals surface area (Å²) in [6, 6.07) is 16.8. The highest BCUT2D eigenvalue weighted by atomic mass is 127. The second-order valence-electron chi connectivity index (χ2n) is 7.72. The molecule has 2 aromatic carbocycles. The third-order valence-corrected chi connectivity index (χ3v) is 5.62. The van der Waals surface area contributed by atoms with Crippen molar-refractivity contribution >= 4 is 29.9 Å². The Kier molecular flexibility index (Phi) is 12.5. The Morgan fingerprint density at radius 1 is 1.03 bits per heavy atom. The van der Waals surface area contributed by atoms with Crippen molar-refractivity contribution in [1.82, 2.24) is 15.5 Å². The molecule has 1 aliphatic heterocycles. The van der Waals surface area contributed by atoms with Crippen LogP contribution >= 0.6 is 24.0 Å². The van der Waals surface area contributed by atoms with Gasteiger partial charge in [0, 0.05) is 33.3 Å². The standard InChI is InChI=1S/C25H36N4O3.HI/c1-4-26-25(27-17-21-7-5-6-8-22(21)19-30-2)28-18-24(29-13-15-32-16-14-29)20-9-11-23(31-3)12-10-20;/h5-12,24H,4,13-19H2,1-3H3,(H2,26,27,28);1H. The van der Waals surface area contributed by atoms with Crippen LogP contribution in [-0.2, 0) is 22.6 Å². The minimum absolute atomic E-state index is 0. The van der Waals surface area contributed by atoms with Crippen molar-refractivity contribution in [2.24, 2.45) is 4.99 Å². The number of hydrogen-bond donors (Lipinski definition) is 2. The predicted molar refractivity (Wildman–Crippen MR) is 144 cm³/mol. The van der Waals surface area contributed by atoms with E-state index in [2.05, 4.69) is 46.7 Å². The summed E-state index contributed by atoms with van der Waals surface area (Å²) in [6.45, 7) is 8.17. The lowest BCUT2D eigenvalue weighted by Crippen LogP contribution is -2.46. The van der Waals surface area contributed by atoms with Gasteiger partial charge in [-0.2, -0.15) is 0 Å². The molecule has 1 saturated heterocycles. The maximum Gasteiger partial charge on any atom is 0.191 e. The molecule has 1 heterocycles. The van der Waals surface area contributed by atoms with E-state index in [1.54, 1.807) is 14.2 Å². The van der Waals surface area contributed by atoms with Gasteiger partial charge in [-0.3, -0.25) is 4.90 Å². The van der Waals surface area contributed by atoms with Gasteiger partial charge in [0.2, 0.25) is 0 Å². The summed E-state index contributed by atoms with van der Waals surface area (Å²) in [5.74, 6) is 1.68. The van der Waals surface area contributed by atoms with Crippen molar-refractivity contribution in [3.05, 3.63) is 65.2 Å². The van der Waals surface area contributed by atoms with Crippen LogP contribution in [0.1, 0.15) is 29.7 Å². The second kappa shape index (κ2) is 15.1. The molecule has 2 aromatic rings. The van der Waals surface area contributed by atoms with Crippen LogP contribution in [0.25, 0.3) is 0 Å². The molecular formula is C25H37IN4O3. The van der Waals surface area contributed by atoms with E-state index in [1.165, 1.54) is 16.7 Å². The molecule has 0 saturated carbocycles. The second-order valence-corrected chi connectivity index (χ2v) is 7.72. The monoisotopic (exact) mass is 568 g/mol. The van der Waals surface area contributed by atoms with Crippen LogP contribution in [0.3, 0.4) is 0 Å². The number of guanidine groups is 1. The van der Waals surface area contributed by atoms with E-state index >= 15 is 0 Å². The summed E-state index contributed by atoms with van der Waals surface area (Å²) in [5.41, 5.74) is 3.59. The van der Waals surface area contributed by atoms with Gasteiger partial charge in [-0.05, 0) is 35.7 Å². The molecule has 3 rings (SSSR count). The summed E-state index contributed by atoms with van der Waals surface area (Å²) in [4.78, 5) is 7.31. The number of benzene rings is 2. The van der Waals surface area contributed by atoms with Crippen LogP contribution in [0.15, 0.2) is 53.5 Å². The van der Waals surface area contributed by atoms with Crippen molar-refractivity contribution in [3.63, 3.8) is 0 Å². The van der Waals surface area contributed by atoms with Gasteiger partial charge in [-0.15, -0.1) is 24.0 Å². The van der Waals surface area contributed by atoms with Crippen molar-refractivity contribution < 1.29 is 14.2 Å². The van der Waals surface area contributed by atoms with Crippen molar-refractivity contribution in [3.8, 4) is 5.75 Å². The molecule has 1 unspecified atom stereocenters. The zero-order valence-electron chi connectivity index (χ0n) is 19.9. The predicted octanol–water partition coefficient (Wildman–Crippen LogP) is 3.59. The minimum atomic E-state index is 0. The first-order chi connectivity index (χ1) is 15.7. The Morgan fingerprint density at radius 3 is 2.36 bits per heavy atom. The molecule has 0 radical (unpaired) electrons. The fourth-order valence-electron chi connectivity index (χ4n) is 3.88. The van der Waals surface area contributed by atoms with E-state index in [-0.39, 0.29) is 30.0 Å². The van der Waals surface area contributed by atoms with Gasteiger partial charge in [0.05, 0.1) is 39.5 Å². The fraction of sp³-hybridized carbons (Fsp3) is 0.480. The van der Waals surface area contributed by atoms with Crippen molar-refractivity contribution in [2.45, 2.75) is 26.1 Å². The fourth-order valence-corrected chi connectivity index (χ4v) is 3.88. The number of hydrogen-bond acceptors (Lipinski definition) is 5. The molecule has 7 nitrogen and oxygen atoms in total. The van der Waals surface area contributed by atoms with Crippen molar-refractivity contribution in [1.29, 1.82) is 0 Å². The lowest BCUT2D eigenvalue weighted by atomic mass is 10.0. The number of aliphatic imine (C=N–C) groups is 1. The number of rotatable bonds is 10. The van der Waals surface area contributed by atoms with Gasteiger partial charge in [-0.25, -0.2) is 4.99 Å². The van der Waals surface area contributed by atoms with Crippen LogP contribution < -0.4 is 15.4 Å². The average molecular weight is 569 g/mol. The third-order valence-electron chi connectivity index (χ3n) is 5.62. The van der Waals surface area contributed by atoms with Crippen molar-refractivity contribution in [2.75, 3.05) is 53.6 Å². The average Bonchev–Trinajstić information content (AvgIpc) is 2.84. The van der Waals surface area contributed by atoms with Gasteiger partial charge in [0.1, 0.15) is 5.75 Å². The maximum absolute atomic E-state index is 5.58. The zero-order valence-corrected chi connectivity index (χ0v) is 22.2. The summed E-state index contributed by atoms with van der Waals surface area (Å²) in [5, 5.41) is 6.94. The maximum atomic E-state index is 5.58. The van der Waals surface area contributed by atoms with Gasteiger partial charge in [-0.1, -0.05) is 36.4 Å². The number of morpholine rings is 1. The lowest BCUT2D eigenvalue weighted by molar-refractivity contribution is 0.0170. The Balaban J connectivity index is 0.00000385. The quantitative estimate of drug-likeness (QED) is 0.260. The van der Waals surface area contributed by atoms with E-state index < -0.39 is 0 Å². The molecule has 0 aliphatic carbocycles. The summed E-state index contributed by atoms with van der Waals surface area (Å²) in [7, 11) is 3.41. The molecule has 1 atom stereocenters. The number of nitrogens with zero attached hydrogens (tertiary/aromatic N) is 2. The number of nitrogens with one attached hydrogen (secondary N) is 2. The van der Waals surface area contributed by atoms with Gasteiger partial charge in [0.25, 0.3) is 0 Å². The first-order valence-corrected chi connectivity index (χ1v) is 11.3. The molecule has 0 bridgehead atoms. The van der Waals surface area contributed by atoms with E-state index in [0.29, 0.717) is 13.2 Å². The first kappa shape index (κ1) is 27.4. The minimum Gasteiger partial charge on any atom is -0.497 e. The summed E-state index contributed by atoms with van der Waals surface area (Å²) < 4.78 is 16.2. The Morgan fingerprint density at radius 2 is 1.73 bits per heavy atom. The molecule has 0 spiro atoms. The molecular weight excluding hydrogens is 531 g/mol. The zero-order chi connectivity index (χ0) is 22.6. The smallest absolute Gasteiger partial charge is 0.191 e. The van der Waals surface area contributed by atoms with E-state index in [1.807, 2.05) is 24.3 Å². The summed E-state index contributed by atoms with van der Waals surface area (Å²) in [6.07, 6.45) is 0. The number of ether oxygens (including phenoxy) is 3. The van der Waals surface area contributed by atoms with Gasteiger partial charge < -0.3 is 24.8 Å². The first-order valence-electron chi connectivity index (χ1n) is 11.3.